The molecule has 3 nitrogen and oxygen atoms in total. The largest absolute Gasteiger partial charge is 0.389 e. The molecule has 0 radical (unpaired) electrons. The van der Waals surface area contributed by atoms with Crippen LogP contribution in [0.1, 0.15) is 26.7 Å². The van der Waals surface area contributed by atoms with E-state index < -0.39 is 15.3 Å². The molecule has 0 bridgehead atoms. The van der Waals surface area contributed by atoms with Crippen LogP contribution < -0.4 is 0 Å². The number of hydrogen-bond acceptors (Lipinski definition) is 3. The van der Waals surface area contributed by atoms with Gasteiger partial charge in [0, 0.05) is 11.9 Å². The van der Waals surface area contributed by atoms with Crippen LogP contribution in [0, 0.1) is 0 Å². The fourth-order valence-electron chi connectivity index (χ4n) is 1.70. The molecule has 0 aliphatic rings. The molecule has 0 saturated carbocycles. The fraction of sp³-hybridized carbons (Fsp3) is 0.538. The zero-order chi connectivity index (χ0) is 12.9. The lowest BCUT2D eigenvalue weighted by Gasteiger charge is -2.26. The second-order valence-corrected chi connectivity index (χ2v) is 6.62. The maximum atomic E-state index is 12.8. The number of aliphatic hydroxyl groups is 1. The molecule has 1 N–H and O–H groups in total. The topological polar surface area (TPSA) is 49.7 Å². The highest BCUT2D eigenvalue weighted by Gasteiger charge is 2.29. The molecule has 1 aromatic carbocycles. The van der Waals surface area contributed by atoms with Crippen molar-refractivity contribution >= 4 is 9.73 Å². The van der Waals surface area contributed by atoms with E-state index in [0.717, 1.165) is 0 Å². The first kappa shape index (κ1) is 14.2. The molecule has 0 spiro atoms. The van der Waals surface area contributed by atoms with Crippen molar-refractivity contribution in [3.63, 3.8) is 0 Å². The van der Waals surface area contributed by atoms with Gasteiger partial charge in [0.2, 0.25) is 0 Å². The van der Waals surface area contributed by atoms with Gasteiger partial charge in [-0.3, -0.25) is 0 Å². The molecular formula is C13H21NO2S. The highest BCUT2D eigenvalue weighted by atomic mass is 32.2. The van der Waals surface area contributed by atoms with Crippen LogP contribution in [0.4, 0.5) is 0 Å². The second-order valence-electron chi connectivity index (χ2n) is 4.21. The quantitative estimate of drug-likeness (QED) is 0.879. The zero-order valence-electron chi connectivity index (χ0n) is 10.7. The van der Waals surface area contributed by atoms with Gasteiger partial charge >= 0.3 is 0 Å². The number of nitrogens with zero attached hydrogens (tertiary/aromatic N) is 1. The Hall–Kier alpha value is -0.870. The summed E-state index contributed by atoms with van der Waals surface area (Å²) in [6.45, 7) is 3.81. The normalized spacial score (nSPS) is 15.3. The van der Waals surface area contributed by atoms with E-state index in [1.54, 1.807) is 19.2 Å². The summed E-state index contributed by atoms with van der Waals surface area (Å²) in [6, 6.07) is 9.18. The lowest BCUT2D eigenvalue weighted by molar-refractivity contribution is 0.0560. The molecule has 0 heterocycles. The molecule has 0 amide bonds. The number of hydrogen-bond donors (Lipinski definition) is 1. The van der Waals surface area contributed by atoms with E-state index in [9.17, 15) is 9.32 Å². The molecular weight excluding hydrogens is 234 g/mol. The Labute approximate surface area is 104 Å². The first-order valence-corrected chi connectivity index (χ1v) is 7.58. The SMILES string of the molecule is CCC(O)(CC)C[S@@](=O)(=NC)c1ccccc1. The molecule has 0 aliphatic heterocycles. The highest BCUT2D eigenvalue weighted by molar-refractivity contribution is 7.93. The van der Waals surface area contributed by atoms with E-state index in [4.69, 9.17) is 0 Å². The highest BCUT2D eigenvalue weighted by Crippen LogP contribution is 2.23. The first-order valence-electron chi connectivity index (χ1n) is 5.90. The van der Waals surface area contributed by atoms with E-state index in [-0.39, 0.29) is 5.75 Å². The summed E-state index contributed by atoms with van der Waals surface area (Å²) in [4.78, 5) is 0.697. The van der Waals surface area contributed by atoms with Crippen molar-refractivity contribution in [3.05, 3.63) is 30.3 Å². The minimum atomic E-state index is -2.51. The summed E-state index contributed by atoms with van der Waals surface area (Å²) in [5.41, 5.74) is -0.896. The van der Waals surface area contributed by atoms with Crippen LogP contribution in [0.15, 0.2) is 39.6 Å². The Morgan fingerprint density at radius 3 is 2.18 bits per heavy atom. The van der Waals surface area contributed by atoms with Gasteiger partial charge in [-0.05, 0) is 25.0 Å². The summed E-state index contributed by atoms with van der Waals surface area (Å²) in [5.74, 6) is 0.202. The lowest BCUT2D eigenvalue weighted by atomic mass is 10.0. The number of benzene rings is 1. The summed E-state index contributed by atoms with van der Waals surface area (Å²) in [6.07, 6.45) is 1.17. The van der Waals surface area contributed by atoms with Crippen molar-refractivity contribution in [2.75, 3.05) is 12.8 Å². The van der Waals surface area contributed by atoms with Gasteiger partial charge in [-0.1, -0.05) is 32.0 Å². The minimum Gasteiger partial charge on any atom is -0.389 e. The molecule has 0 saturated heterocycles. The van der Waals surface area contributed by atoms with Crippen molar-refractivity contribution in [2.45, 2.75) is 37.2 Å². The monoisotopic (exact) mass is 255 g/mol. The Kier molecular flexibility index (Phi) is 4.71. The van der Waals surface area contributed by atoms with Gasteiger partial charge in [0.05, 0.1) is 21.1 Å². The maximum Gasteiger partial charge on any atom is 0.0777 e. The third kappa shape index (κ3) is 3.30. The molecule has 0 fully saturated rings. The summed E-state index contributed by atoms with van der Waals surface area (Å²) >= 11 is 0. The molecule has 0 unspecified atom stereocenters. The summed E-state index contributed by atoms with van der Waals surface area (Å²) < 4.78 is 16.8. The van der Waals surface area contributed by atoms with Crippen molar-refractivity contribution in [1.29, 1.82) is 0 Å². The second kappa shape index (κ2) is 5.65. The third-order valence-electron chi connectivity index (χ3n) is 3.19. The van der Waals surface area contributed by atoms with Gasteiger partial charge in [0.1, 0.15) is 0 Å². The Morgan fingerprint density at radius 2 is 1.76 bits per heavy atom. The van der Waals surface area contributed by atoms with Crippen LogP contribution in [-0.2, 0) is 9.73 Å². The molecule has 0 aromatic heterocycles. The molecule has 96 valence electrons. The van der Waals surface area contributed by atoms with Crippen LogP contribution in [0.2, 0.25) is 0 Å². The molecule has 1 atom stereocenters. The van der Waals surface area contributed by atoms with E-state index in [1.807, 2.05) is 32.0 Å². The average molecular weight is 255 g/mol. The lowest BCUT2D eigenvalue weighted by Crippen LogP contribution is -2.35. The molecule has 17 heavy (non-hydrogen) atoms. The minimum absolute atomic E-state index is 0.202. The Balaban J connectivity index is 3.13. The maximum absolute atomic E-state index is 12.8. The predicted octanol–water partition coefficient (Wildman–Crippen LogP) is 2.69. The van der Waals surface area contributed by atoms with Crippen LogP contribution in [0.3, 0.4) is 0 Å². The van der Waals surface area contributed by atoms with Crippen LogP contribution in [0.25, 0.3) is 0 Å². The van der Waals surface area contributed by atoms with Crippen molar-refractivity contribution in [3.8, 4) is 0 Å². The predicted molar refractivity (Wildman–Crippen MR) is 71.6 cm³/mol. The third-order valence-corrected chi connectivity index (χ3v) is 5.71. The smallest absolute Gasteiger partial charge is 0.0777 e. The van der Waals surface area contributed by atoms with Crippen molar-refractivity contribution in [2.24, 2.45) is 4.36 Å². The van der Waals surface area contributed by atoms with Gasteiger partial charge in [0.25, 0.3) is 0 Å². The molecule has 0 aliphatic carbocycles. The van der Waals surface area contributed by atoms with Gasteiger partial charge in [-0.25, -0.2) is 8.57 Å². The fourth-order valence-corrected chi connectivity index (χ4v) is 3.93. The number of rotatable bonds is 5. The van der Waals surface area contributed by atoms with E-state index in [2.05, 4.69) is 4.36 Å². The zero-order valence-corrected chi connectivity index (χ0v) is 11.5. The van der Waals surface area contributed by atoms with Crippen molar-refractivity contribution in [1.82, 2.24) is 0 Å². The van der Waals surface area contributed by atoms with Crippen LogP contribution in [-0.4, -0.2) is 27.7 Å². The van der Waals surface area contributed by atoms with Gasteiger partial charge in [-0.15, -0.1) is 0 Å². The summed E-state index contributed by atoms with van der Waals surface area (Å²) in [7, 11) is -0.956. The van der Waals surface area contributed by atoms with Crippen LogP contribution in [0.5, 0.6) is 0 Å². The van der Waals surface area contributed by atoms with E-state index in [0.29, 0.717) is 17.7 Å². The first-order chi connectivity index (χ1) is 7.99. The van der Waals surface area contributed by atoms with Crippen LogP contribution >= 0.6 is 0 Å². The summed E-state index contributed by atoms with van der Waals surface area (Å²) in [5, 5.41) is 10.3. The molecule has 4 heteroatoms. The average Bonchev–Trinajstić information content (AvgIpc) is 2.39. The van der Waals surface area contributed by atoms with Crippen molar-refractivity contribution < 1.29 is 9.32 Å². The Bertz CT molecular complexity index is 458. The van der Waals surface area contributed by atoms with E-state index in [1.165, 1.54) is 0 Å². The van der Waals surface area contributed by atoms with Gasteiger partial charge in [0.15, 0.2) is 0 Å². The van der Waals surface area contributed by atoms with E-state index >= 15 is 0 Å². The standard InChI is InChI=1S/C13H21NO2S/c1-4-13(15,5-2)11-17(16,14-3)12-9-7-6-8-10-12/h6-10,15H,4-5,11H2,1-3H3/t17-/m0/s1. The molecule has 1 aromatic rings. The van der Waals surface area contributed by atoms with Gasteiger partial charge in [-0.2, -0.15) is 0 Å². The van der Waals surface area contributed by atoms with Gasteiger partial charge < -0.3 is 5.11 Å². The Morgan fingerprint density at radius 1 is 1.24 bits per heavy atom. The molecule has 1 rings (SSSR count).